The van der Waals surface area contributed by atoms with Crippen molar-refractivity contribution in [1.82, 2.24) is 19.2 Å². The molecule has 0 bridgehead atoms. The van der Waals surface area contributed by atoms with Gasteiger partial charge >= 0.3 is 0 Å². The Labute approximate surface area is 78.6 Å². The minimum atomic E-state index is -0.0875. The van der Waals surface area contributed by atoms with Gasteiger partial charge in [-0.1, -0.05) is 0 Å². The molecule has 0 amide bonds. The first-order valence-electron chi connectivity index (χ1n) is 4.28. The first-order chi connectivity index (χ1) is 6.77. The normalized spacial score (nSPS) is 11.5. The Morgan fingerprint density at radius 1 is 1.50 bits per heavy atom. The second-order valence-corrected chi connectivity index (χ2v) is 3.22. The van der Waals surface area contributed by atoms with Crippen molar-refractivity contribution < 1.29 is 0 Å². The molecule has 1 N–H and O–H groups in total. The summed E-state index contributed by atoms with van der Waals surface area (Å²) in [4.78, 5) is 14.3. The first kappa shape index (κ1) is 7.37. The Bertz CT molecular complexity index is 673. The van der Waals surface area contributed by atoms with Gasteiger partial charge in [0, 0.05) is 13.2 Å². The van der Waals surface area contributed by atoms with E-state index in [4.69, 9.17) is 0 Å². The predicted molar refractivity (Wildman–Crippen MR) is 52.3 cm³/mol. The summed E-state index contributed by atoms with van der Waals surface area (Å²) in [6.45, 7) is 0. The lowest BCUT2D eigenvalue weighted by atomic mass is 10.5. The molecule has 0 saturated heterocycles. The third-order valence-corrected chi connectivity index (χ3v) is 2.37. The average Bonchev–Trinajstić information content (AvgIpc) is 2.72. The van der Waals surface area contributed by atoms with Gasteiger partial charge in [-0.3, -0.25) is 13.9 Å². The van der Waals surface area contributed by atoms with E-state index in [1.807, 2.05) is 23.7 Å². The number of H-pyrrole nitrogens is 1. The van der Waals surface area contributed by atoms with Gasteiger partial charge in [-0.05, 0) is 12.1 Å². The quantitative estimate of drug-likeness (QED) is 0.559. The van der Waals surface area contributed by atoms with Crippen LogP contribution in [0.4, 0.5) is 0 Å². The van der Waals surface area contributed by atoms with Crippen LogP contribution in [0.25, 0.3) is 16.7 Å². The molecule has 0 radical (unpaired) electrons. The average molecular weight is 188 g/mol. The fraction of sp³-hybridized carbons (Fsp3) is 0.111. The number of fused-ring (bicyclic) bond motifs is 3. The molecule has 0 spiro atoms. The number of hydrogen-bond donors (Lipinski definition) is 1. The molecule has 3 aromatic rings. The van der Waals surface area contributed by atoms with E-state index >= 15 is 0 Å². The number of rotatable bonds is 0. The smallest absolute Gasteiger partial charge is 0.272 e. The number of nitrogens with one attached hydrogen (secondary N) is 1. The van der Waals surface area contributed by atoms with Gasteiger partial charge in [0.1, 0.15) is 11.0 Å². The van der Waals surface area contributed by atoms with Crippen LogP contribution in [0.1, 0.15) is 0 Å². The molecular formula is C9H8N4O. The van der Waals surface area contributed by atoms with Crippen LogP contribution in [0, 0.1) is 0 Å². The van der Waals surface area contributed by atoms with Crippen LogP contribution >= 0.6 is 0 Å². The van der Waals surface area contributed by atoms with Crippen LogP contribution in [0.2, 0.25) is 0 Å². The standard InChI is InChI=1S/C9H8N4O/c1-12-9-6(5-10-12)11-8(14)7-3-2-4-13(7)9/h2-5H,1H3,(H,11,14). The lowest BCUT2D eigenvalue weighted by molar-refractivity contribution is 0.780. The Morgan fingerprint density at radius 2 is 2.36 bits per heavy atom. The Balaban J connectivity index is 2.77. The van der Waals surface area contributed by atoms with Gasteiger partial charge in [-0.25, -0.2) is 0 Å². The summed E-state index contributed by atoms with van der Waals surface area (Å²) in [5.74, 6) is 0. The van der Waals surface area contributed by atoms with Gasteiger partial charge in [0.2, 0.25) is 0 Å². The van der Waals surface area contributed by atoms with Crippen molar-refractivity contribution in [2.45, 2.75) is 0 Å². The van der Waals surface area contributed by atoms with Crippen molar-refractivity contribution >= 4 is 16.7 Å². The van der Waals surface area contributed by atoms with Gasteiger partial charge in [0.15, 0.2) is 5.65 Å². The second-order valence-electron chi connectivity index (χ2n) is 3.22. The van der Waals surface area contributed by atoms with Gasteiger partial charge < -0.3 is 4.98 Å². The molecule has 0 fully saturated rings. The molecule has 3 aromatic heterocycles. The molecular weight excluding hydrogens is 180 g/mol. The SMILES string of the molecule is Cn1ncc2[nH]c(=O)c3cccn3c21. The summed E-state index contributed by atoms with van der Waals surface area (Å²) in [5, 5.41) is 4.09. The summed E-state index contributed by atoms with van der Waals surface area (Å²) in [6, 6.07) is 3.63. The Hall–Kier alpha value is -2.04. The maximum Gasteiger partial charge on any atom is 0.272 e. The largest absolute Gasteiger partial charge is 0.316 e. The highest BCUT2D eigenvalue weighted by Gasteiger charge is 2.06. The molecule has 14 heavy (non-hydrogen) atoms. The molecule has 0 aliphatic carbocycles. The summed E-state index contributed by atoms with van der Waals surface area (Å²) >= 11 is 0. The zero-order valence-corrected chi connectivity index (χ0v) is 7.56. The van der Waals surface area contributed by atoms with E-state index in [0.717, 1.165) is 11.2 Å². The van der Waals surface area contributed by atoms with Crippen LogP contribution in [0.5, 0.6) is 0 Å². The monoisotopic (exact) mass is 188 g/mol. The minimum Gasteiger partial charge on any atom is -0.316 e. The molecule has 0 saturated carbocycles. The molecule has 0 aliphatic rings. The Kier molecular flexibility index (Phi) is 1.19. The highest BCUT2D eigenvalue weighted by atomic mass is 16.1. The summed E-state index contributed by atoms with van der Waals surface area (Å²) in [7, 11) is 1.85. The predicted octanol–water partition coefficient (Wildman–Crippen LogP) is 0.514. The molecule has 3 heterocycles. The summed E-state index contributed by atoms with van der Waals surface area (Å²) in [5.41, 5.74) is 2.20. The van der Waals surface area contributed by atoms with Crippen molar-refractivity contribution in [3.8, 4) is 0 Å². The third kappa shape index (κ3) is 0.736. The molecule has 0 aliphatic heterocycles. The maximum atomic E-state index is 11.5. The zero-order chi connectivity index (χ0) is 9.71. The number of aromatic nitrogens is 4. The van der Waals surface area contributed by atoms with Gasteiger partial charge in [-0.2, -0.15) is 5.10 Å². The zero-order valence-electron chi connectivity index (χ0n) is 7.56. The van der Waals surface area contributed by atoms with E-state index < -0.39 is 0 Å². The lowest BCUT2D eigenvalue weighted by Gasteiger charge is -1.98. The summed E-state index contributed by atoms with van der Waals surface area (Å²) < 4.78 is 3.57. The van der Waals surface area contributed by atoms with E-state index in [1.165, 1.54) is 0 Å². The topological polar surface area (TPSA) is 55.1 Å². The maximum absolute atomic E-state index is 11.5. The van der Waals surface area contributed by atoms with E-state index in [2.05, 4.69) is 10.1 Å². The minimum absolute atomic E-state index is 0.0875. The molecule has 5 heteroatoms. The van der Waals surface area contributed by atoms with Crippen molar-refractivity contribution in [3.05, 3.63) is 34.9 Å². The molecule has 5 nitrogen and oxygen atoms in total. The summed E-state index contributed by atoms with van der Waals surface area (Å²) in [6.07, 6.45) is 3.50. The fourth-order valence-corrected chi connectivity index (χ4v) is 1.74. The molecule has 3 rings (SSSR count). The van der Waals surface area contributed by atoms with Crippen LogP contribution in [-0.2, 0) is 7.05 Å². The van der Waals surface area contributed by atoms with Gasteiger partial charge in [-0.15, -0.1) is 0 Å². The highest BCUT2D eigenvalue weighted by molar-refractivity contribution is 5.74. The molecule has 0 aromatic carbocycles. The van der Waals surface area contributed by atoms with E-state index in [-0.39, 0.29) is 5.56 Å². The Morgan fingerprint density at radius 3 is 3.21 bits per heavy atom. The van der Waals surface area contributed by atoms with Gasteiger partial charge in [0.05, 0.1) is 6.20 Å². The third-order valence-electron chi connectivity index (χ3n) is 2.37. The second kappa shape index (κ2) is 2.25. The first-order valence-corrected chi connectivity index (χ1v) is 4.28. The van der Waals surface area contributed by atoms with Crippen molar-refractivity contribution in [2.75, 3.05) is 0 Å². The van der Waals surface area contributed by atoms with E-state index in [0.29, 0.717) is 5.52 Å². The van der Waals surface area contributed by atoms with Crippen LogP contribution < -0.4 is 5.56 Å². The van der Waals surface area contributed by atoms with Crippen LogP contribution in [-0.4, -0.2) is 19.2 Å². The number of aromatic amines is 1. The number of hydrogen-bond acceptors (Lipinski definition) is 2. The van der Waals surface area contributed by atoms with Crippen LogP contribution in [0.15, 0.2) is 29.3 Å². The van der Waals surface area contributed by atoms with Crippen molar-refractivity contribution in [1.29, 1.82) is 0 Å². The van der Waals surface area contributed by atoms with Crippen molar-refractivity contribution in [3.63, 3.8) is 0 Å². The molecule has 0 atom stereocenters. The molecule has 0 unspecified atom stereocenters. The lowest BCUT2D eigenvalue weighted by Crippen LogP contribution is -2.10. The molecule has 70 valence electrons. The van der Waals surface area contributed by atoms with Crippen molar-refractivity contribution in [2.24, 2.45) is 7.05 Å². The van der Waals surface area contributed by atoms with E-state index in [9.17, 15) is 4.79 Å². The number of aryl methyl sites for hydroxylation is 1. The van der Waals surface area contributed by atoms with E-state index in [1.54, 1.807) is 16.9 Å². The van der Waals surface area contributed by atoms with Gasteiger partial charge in [0.25, 0.3) is 5.56 Å². The number of nitrogens with zero attached hydrogens (tertiary/aromatic N) is 3. The fourth-order valence-electron chi connectivity index (χ4n) is 1.74. The highest BCUT2D eigenvalue weighted by Crippen LogP contribution is 2.10. The van der Waals surface area contributed by atoms with Crippen LogP contribution in [0.3, 0.4) is 0 Å².